The fraction of sp³-hybridized carbons (Fsp3) is 0.118. The minimum absolute atomic E-state index is 0.384. The molecule has 3 rings (SSSR count). The molecule has 3 aromatic heterocycles. The molecule has 3 aromatic rings. The summed E-state index contributed by atoms with van der Waals surface area (Å²) in [6, 6.07) is 5.17. The van der Waals surface area contributed by atoms with E-state index >= 15 is 0 Å². The summed E-state index contributed by atoms with van der Waals surface area (Å²) in [6.07, 6.45) is 6.25. The zero-order valence-corrected chi connectivity index (χ0v) is 12.2. The number of pyridine rings is 2. The van der Waals surface area contributed by atoms with Crippen molar-refractivity contribution in [1.29, 1.82) is 0 Å². The van der Waals surface area contributed by atoms with Gasteiger partial charge in [-0.2, -0.15) is 0 Å². The van der Waals surface area contributed by atoms with E-state index in [0.717, 1.165) is 17.1 Å². The van der Waals surface area contributed by atoms with Crippen LogP contribution in [-0.2, 0) is 0 Å². The van der Waals surface area contributed by atoms with Gasteiger partial charge in [-0.3, -0.25) is 9.97 Å². The monoisotopic (exact) mass is 292 g/mol. The molecular weight excluding hydrogens is 279 g/mol. The topological polar surface area (TPSA) is 43.6 Å². The third-order valence-electron chi connectivity index (χ3n) is 3.08. The Balaban J connectivity index is 1.93. The summed E-state index contributed by atoms with van der Waals surface area (Å²) < 4.78 is 15.0. The lowest BCUT2D eigenvalue weighted by atomic mass is 10.2. The van der Waals surface area contributed by atoms with Crippen molar-refractivity contribution in [3.63, 3.8) is 0 Å². The molecule has 0 unspecified atom stereocenters. The van der Waals surface area contributed by atoms with Gasteiger partial charge in [-0.15, -0.1) is 0 Å². The highest BCUT2D eigenvalue weighted by atomic mass is 19.1. The van der Waals surface area contributed by atoms with E-state index in [1.165, 1.54) is 12.3 Å². The fourth-order valence-electron chi connectivity index (χ4n) is 2.09. The van der Waals surface area contributed by atoms with Gasteiger partial charge in [0.25, 0.3) is 0 Å². The van der Waals surface area contributed by atoms with Crippen LogP contribution in [0, 0.1) is 31.5 Å². The molecule has 0 aliphatic carbocycles. The van der Waals surface area contributed by atoms with Crippen LogP contribution in [0.2, 0.25) is 0 Å². The quantitative estimate of drug-likeness (QED) is 0.648. The summed E-state index contributed by atoms with van der Waals surface area (Å²) in [6.45, 7) is 3.76. The second-order valence-electron chi connectivity index (χ2n) is 4.84. The van der Waals surface area contributed by atoms with Crippen molar-refractivity contribution in [2.24, 2.45) is 0 Å². The standard InChI is InChI=1S/C17H13FN4/c1-12-7-14(5-6-20-12)3-4-16-11-22(13(2)21-16)17-8-15(18)9-19-10-17/h5-11H,1-2H3. The Hall–Kier alpha value is -3.00. The van der Waals surface area contributed by atoms with Crippen LogP contribution in [0.4, 0.5) is 4.39 Å². The van der Waals surface area contributed by atoms with Crippen molar-refractivity contribution >= 4 is 0 Å². The van der Waals surface area contributed by atoms with Gasteiger partial charge in [0.1, 0.15) is 17.3 Å². The minimum atomic E-state index is -0.384. The maximum absolute atomic E-state index is 13.3. The summed E-state index contributed by atoms with van der Waals surface area (Å²) in [5.74, 6) is 6.40. The summed E-state index contributed by atoms with van der Waals surface area (Å²) in [7, 11) is 0. The van der Waals surface area contributed by atoms with E-state index in [1.54, 1.807) is 23.2 Å². The number of hydrogen-bond donors (Lipinski definition) is 0. The van der Waals surface area contributed by atoms with Gasteiger partial charge in [0, 0.05) is 29.7 Å². The summed E-state index contributed by atoms with van der Waals surface area (Å²) in [5.41, 5.74) is 3.04. The molecule has 0 spiro atoms. The van der Waals surface area contributed by atoms with E-state index in [4.69, 9.17) is 0 Å². The van der Waals surface area contributed by atoms with Crippen molar-refractivity contribution in [2.45, 2.75) is 13.8 Å². The highest BCUT2D eigenvalue weighted by molar-refractivity contribution is 5.41. The Morgan fingerprint density at radius 3 is 2.77 bits per heavy atom. The molecule has 108 valence electrons. The van der Waals surface area contributed by atoms with Crippen LogP contribution in [0.5, 0.6) is 0 Å². The average Bonchev–Trinajstić information content (AvgIpc) is 2.86. The smallest absolute Gasteiger partial charge is 0.143 e. The van der Waals surface area contributed by atoms with Gasteiger partial charge in [-0.1, -0.05) is 5.92 Å². The molecule has 5 heteroatoms. The van der Waals surface area contributed by atoms with Crippen LogP contribution in [0.1, 0.15) is 22.8 Å². The fourth-order valence-corrected chi connectivity index (χ4v) is 2.09. The number of imidazole rings is 1. The zero-order chi connectivity index (χ0) is 15.5. The van der Waals surface area contributed by atoms with Gasteiger partial charge in [0.15, 0.2) is 0 Å². The first-order valence-corrected chi connectivity index (χ1v) is 6.73. The van der Waals surface area contributed by atoms with Crippen LogP contribution in [0.25, 0.3) is 5.69 Å². The zero-order valence-electron chi connectivity index (χ0n) is 12.2. The highest BCUT2D eigenvalue weighted by Gasteiger charge is 2.05. The first-order valence-electron chi connectivity index (χ1n) is 6.73. The van der Waals surface area contributed by atoms with E-state index in [2.05, 4.69) is 26.8 Å². The molecule has 0 aliphatic heterocycles. The van der Waals surface area contributed by atoms with E-state index in [9.17, 15) is 4.39 Å². The third-order valence-corrected chi connectivity index (χ3v) is 3.08. The first kappa shape index (κ1) is 14.0. The van der Waals surface area contributed by atoms with Gasteiger partial charge in [-0.25, -0.2) is 9.37 Å². The molecule has 4 nitrogen and oxygen atoms in total. The van der Waals surface area contributed by atoms with Crippen molar-refractivity contribution in [3.8, 4) is 17.5 Å². The lowest BCUT2D eigenvalue weighted by molar-refractivity contribution is 0.619. The maximum atomic E-state index is 13.3. The van der Waals surface area contributed by atoms with Crippen LogP contribution in [-0.4, -0.2) is 19.5 Å². The lowest BCUT2D eigenvalue weighted by Crippen LogP contribution is -1.96. The first-order chi connectivity index (χ1) is 10.6. The normalized spacial score (nSPS) is 10.1. The Kier molecular flexibility index (Phi) is 3.67. The van der Waals surface area contributed by atoms with Crippen molar-refractivity contribution in [1.82, 2.24) is 19.5 Å². The van der Waals surface area contributed by atoms with Crippen molar-refractivity contribution in [2.75, 3.05) is 0 Å². The molecule has 0 radical (unpaired) electrons. The summed E-state index contributed by atoms with van der Waals surface area (Å²) >= 11 is 0. The number of halogens is 1. The number of nitrogens with zero attached hydrogens (tertiary/aromatic N) is 4. The van der Waals surface area contributed by atoms with E-state index < -0.39 is 0 Å². The second kappa shape index (κ2) is 5.78. The number of aryl methyl sites for hydroxylation is 2. The Bertz CT molecular complexity index is 887. The van der Waals surface area contributed by atoms with Crippen LogP contribution in [0.3, 0.4) is 0 Å². The molecule has 0 saturated carbocycles. The summed E-state index contributed by atoms with van der Waals surface area (Å²) in [5, 5.41) is 0. The molecule has 3 heterocycles. The van der Waals surface area contributed by atoms with Gasteiger partial charge >= 0.3 is 0 Å². The molecule has 0 aromatic carbocycles. The summed E-state index contributed by atoms with van der Waals surface area (Å²) in [4.78, 5) is 12.4. The van der Waals surface area contributed by atoms with Crippen molar-refractivity contribution < 1.29 is 4.39 Å². The molecule has 0 fully saturated rings. The van der Waals surface area contributed by atoms with Gasteiger partial charge in [0.05, 0.1) is 18.1 Å². The van der Waals surface area contributed by atoms with Crippen molar-refractivity contribution in [3.05, 3.63) is 71.6 Å². The number of rotatable bonds is 1. The second-order valence-corrected chi connectivity index (χ2v) is 4.84. The Morgan fingerprint density at radius 1 is 1.14 bits per heavy atom. The largest absolute Gasteiger partial charge is 0.301 e. The molecule has 0 atom stereocenters. The predicted octanol–water partition coefficient (Wildman–Crippen LogP) is 2.82. The molecule has 0 saturated heterocycles. The molecular formula is C17H13FN4. The third kappa shape index (κ3) is 3.01. The maximum Gasteiger partial charge on any atom is 0.143 e. The average molecular weight is 292 g/mol. The number of hydrogen-bond acceptors (Lipinski definition) is 3. The van der Waals surface area contributed by atoms with Gasteiger partial charge in [-0.05, 0) is 31.9 Å². The van der Waals surface area contributed by atoms with E-state index in [1.807, 2.05) is 26.0 Å². The van der Waals surface area contributed by atoms with E-state index in [-0.39, 0.29) is 5.82 Å². The van der Waals surface area contributed by atoms with Crippen LogP contribution < -0.4 is 0 Å². The van der Waals surface area contributed by atoms with Crippen LogP contribution >= 0.6 is 0 Å². The number of aromatic nitrogens is 4. The van der Waals surface area contributed by atoms with Gasteiger partial charge < -0.3 is 4.57 Å². The minimum Gasteiger partial charge on any atom is -0.301 e. The van der Waals surface area contributed by atoms with E-state index in [0.29, 0.717) is 11.4 Å². The lowest BCUT2D eigenvalue weighted by Gasteiger charge is -2.02. The molecule has 0 N–H and O–H groups in total. The Morgan fingerprint density at radius 2 is 2.00 bits per heavy atom. The predicted molar refractivity (Wildman–Crippen MR) is 81.0 cm³/mol. The molecule has 0 aliphatic rings. The highest BCUT2D eigenvalue weighted by Crippen LogP contribution is 2.12. The van der Waals surface area contributed by atoms with Crippen LogP contribution in [0.15, 0.2) is 43.0 Å². The molecule has 0 amide bonds. The molecule has 22 heavy (non-hydrogen) atoms. The molecule has 0 bridgehead atoms. The SMILES string of the molecule is Cc1cc(C#Cc2cn(-c3cncc(F)c3)c(C)n2)ccn1. The van der Waals surface area contributed by atoms with Gasteiger partial charge in [0.2, 0.25) is 0 Å². The Labute approximate surface area is 127 Å².